The van der Waals surface area contributed by atoms with Crippen LogP contribution >= 0.6 is 11.3 Å². The molecule has 0 saturated carbocycles. The zero-order chi connectivity index (χ0) is 13.9. The Morgan fingerprint density at radius 3 is 3.20 bits per heavy atom. The number of nitrogens with zero attached hydrogens (tertiary/aromatic N) is 3. The molecule has 1 aliphatic rings. The van der Waals surface area contributed by atoms with Gasteiger partial charge >= 0.3 is 6.03 Å². The van der Waals surface area contributed by atoms with Crippen LogP contribution < -0.4 is 5.32 Å². The minimum atomic E-state index is 0.0118. The monoisotopic (exact) mass is 290 g/mol. The van der Waals surface area contributed by atoms with Crippen LogP contribution in [0, 0.1) is 0 Å². The fraction of sp³-hybridized carbons (Fsp3) is 0.429. The summed E-state index contributed by atoms with van der Waals surface area (Å²) in [6, 6.07) is 4.21. The minimum Gasteiger partial charge on any atom is -0.331 e. The molecule has 5 nitrogen and oxygen atoms in total. The predicted molar refractivity (Wildman–Crippen MR) is 78.5 cm³/mol. The van der Waals surface area contributed by atoms with E-state index in [2.05, 4.69) is 27.9 Å². The molecule has 2 aromatic heterocycles. The molecule has 20 heavy (non-hydrogen) atoms. The molecular weight excluding hydrogens is 272 g/mol. The van der Waals surface area contributed by atoms with Gasteiger partial charge in [0.25, 0.3) is 0 Å². The number of rotatable bonds is 3. The molecule has 6 heteroatoms. The van der Waals surface area contributed by atoms with Crippen molar-refractivity contribution >= 4 is 17.4 Å². The van der Waals surface area contributed by atoms with Gasteiger partial charge in [-0.05, 0) is 17.9 Å². The second kappa shape index (κ2) is 5.66. The summed E-state index contributed by atoms with van der Waals surface area (Å²) in [5.74, 6) is 0. The van der Waals surface area contributed by atoms with Crippen molar-refractivity contribution in [1.29, 1.82) is 0 Å². The predicted octanol–water partition coefficient (Wildman–Crippen LogP) is 2.62. The third-order valence-electron chi connectivity index (χ3n) is 3.64. The summed E-state index contributed by atoms with van der Waals surface area (Å²) in [6.45, 7) is 4.28. The van der Waals surface area contributed by atoms with Gasteiger partial charge in [0, 0.05) is 24.2 Å². The second-order valence-electron chi connectivity index (χ2n) is 4.93. The first-order valence-corrected chi connectivity index (χ1v) is 7.73. The first-order valence-electron chi connectivity index (χ1n) is 6.85. The van der Waals surface area contributed by atoms with Crippen LogP contribution in [0.4, 0.5) is 4.79 Å². The Kier molecular flexibility index (Phi) is 3.73. The van der Waals surface area contributed by atoms with Crippen LogP contribution in [-0.4, -0.2) is 27.0 Å². The molecule has 1 aliphatic heterocycles. The molecule has 0 aliphatic carbocycles. The van der Waals surface area contributed by atoms with Crippen LogP contribution in [0.2, 0.25) is 0 Å². The third-order valence-corrected chi connectivity index (χ3v) is 4.63. The number of thiophene rings is 1. The highest BCUT2D eigenvalue weighted by atomic mass is 32.1. The molecule has 2 amide bonds. The molecule has 0 fully saturated rings. The van der Waals surface area contributed by atoms with Gasteiger partial charge in [-0.2, -0.15) is 0 Å². The number of hydrogen-bond donors (Lipinski definition) is 1. The van der Waals surface area contributed by atoms with Crippen molar-refractivity contribution in [2.45, 2.75) is 32.5 Å². The van der Waals surface area contributed by atoms with Crippen molar-refractivity contribution in [2.24, 2.45) is 0 Å². The summed E-state index contributed by atoms with van der Waals surface area (Å²) in [5, 5.41) is 5.17. The van der Waals surface area contributed by atoms with Crippen molar-refractivity contribution in [1.82, 2.24) is 19.8 Å². The van der Waals surface area contributed by atoms with E-state index in [0.717, 1.165) is 25.2 Å². The maximum Gasteiger partial charge on any atom is 0.318 e. The summed E-state index contributed by atoms with van der Waals surface area (Å²) in [7, 11) is 0. The molecule has 0 bridgehead atoms. The van der Waals surface area contributed by atoms with Crippen molar-refractivity contribution in [3.63, 3.8) is 0 Å². The van der Waals surface area contributed by atoms with Crippen LogP contribution in [0.15, 0.2) is 30.0 Å². The van der Waals surface area contributed by atoms with Gasteiger partial charge in [0.2, 0.25) is 0 Å². The number of aromatic nitrogens is 2. The SMILES string of the molecule is CC[C@H](NC(=O)N1CCn2cncc2C1)c1cccs1. The van der Waals surface area contributed by atoms with Crippen LogP contribution in [0.1, 0.15) is 30.0 Å². The van der Waals surface area contributed by atoms with E-state index in [0.29, 0.717) is 6.54 Å². The van der Waals surface area contributed by atoms with Crippen molar-refractivity contribution < 1.29 is 4.79 Å². The van der Waals surface area contributed by atoms with Gasteiger partial charge < -0.3 is 14.8 Å². The summed E-state index contributed by atoms with van der Waals surface area (Å²) in [4.78, 5) is 19.6. The summed E-state index contributed by atoms with van der Waals surface area (Å²) >= 11 is 1.69. The fourth-order valence-electron chi connectivity index (χ4n) is 2.46. The number of hydrogen-bond acceptors (Lipinski definition) is 3. The van der Waals surface area contributed by atoms with Gasteiger partial charge in [0.1, 0.15) is 0 Å². The van der Waals surface area contributed by atoms with E-state index in [4.69, 9.17) is 0 Å². The Hall–Kier alpha value is -1.82. The number of carbonyl (C=O) groups is 1. The zero-order valence-electron chi connectivity index (χ0n) is 11.5. The molecule has 2 aromatic rings. The molecule has 0 aromatic carbocycles. The largest absolute Gasteiger partial charge is 0.331 e. The van der Waals surface area contributed by atoms with E-state index >= 15 is 0 Å². The maximum atomic E-state index is 12.4. The van der Waals surface area contributed by atoms with Crippen LogP contribution in [0.5, 0.6) is 0 Å². The Morgan fingerprint density at radius 2 is 2.45 bits per heavy atom. The lowest BCUT2D eigenvalue weighted by Gasteiger charge is -2.29. The second-order valence-corrected chi connectivity index (χ2v) is 5.90. The standard InChI is InChI=1S/C14H18N4OS/c1-2-12(13-4-3-7-20-13)16-14(19)17-5-6-18-10-15-8-11(18)9-17/h3-4,7-8,10,12H,2,5-6,9H2,1H3,(H,16,19)/t12-/m0/s1. The van der Waals surface area contributed by atoms with E-state index in [1.165, 1.54) is 4.88 Å². The molecule has 0 unspecified atom stereocenters. The minimum absolute atomic E-state index is 0.0118. The Labute approximate surface area is 122 Å². The average molecular weight is 290 g/mol. The number of imidazole rings is 1. The van der Waals surface area contributed by atoms with Gasteiger partial charge in [-0.25, -0.2) is 9.78 Å². The highest BCUT2D eigenvalue weighted by molar-refractivity contribution is 7.10. The molecule has 0 radical (unpaired) electrons. The molecule has 1 atom stereocenters. The topological polar surface area (TPSA) is 50.2 Å². The molecular formula is C14H18N4OS. The summed E-state index contributed by atoms with van der Waals surface area (Å²) in [6.07, 6.45) is 4.55. The Morgan fingerprint density at radius 1 is 1.55 bits per heavy atom. The first-order chi connectivity index (χ1) is 9.78. The van der Waals surface area contributed by atoms with Gasteiger partial charge in [0.05, 0.1) is 24.6 Å². The molecule has 0 spiro atoms. The van der Waals surface area contributed by atoms with Gasteiger partial charge in [-0.3, -0.25) is 0 Å². The normalized spacial score (nSPS) is 15.8. The third kappa shape index (κ3) is 2.56. The number of carbonyl (C=O) groups excluding carboxylic acids is 1. The zero-order valence-corrected chi connectivity index (χ0v) is 12.3. The lowest BCUT2D eigenvalue weighted by atomic mass is 10.2. The number of urea groups is 1. The Bertz CT molecular complexity index is 578. The van der Waals surface area contributed by atoms with Crippen molar-refractivity contribution in [3.8, 4) is 0 Å². The van der Waals surface area contributed by atoms with E-state index in [9.17, 15) is 4.79 Å². The van der Waals surface area contributed by atoms with Gasteiger partial charge in [-0.1, -0.05) is 13.0 Å². The molecule has 106 valence electrons. The highest BCUT2D eigenvalue weighted by Gasteiger charge is 2.23. The molecule has 0 saturated heterocycles. The van der Waals surface area contributed by atoms with E-state index in [1.54, 1.807) is 11.3 Å². The van der Waals surface area contributed by atoms with Crippen LogP contribution in [-0.2, 0) is 13.1 Å². The van der Waals surface area contributed by atoms with Gasteiger partial charge in [0.15, 0.2) is 0 Å². The van der Waals surface area contributed by atoms with Crippen LogP contribution in [0.3, 0.4) is 0 Å². The van der Waals surface area contributed by atoms with Crippen LogP contribution in [0.25, 0.3) is 0 Å². The lowest BCUT2D eigenvalue weighted by Crippen LogP contribution is -2.44. The molecule has 3 heterocycles. The Balaban J connectivity index is 1.65. The van der Waals surface area contributed by atoms with E-state index < -0.39 is 0 Å². The quantitative estimate of drug-likeness (QED) is 0.944. The summed E-state index contributed by atoms with van der Waals surface area (Å²) < 4.78 is 2.10. The number of nitrogens with one attached hydrogen (secondary N) is 1. The lowest BCUT2D eigenvalue weighted by molar-refractivity contribution is 0.179. The number of amides is 2. The fourth-order valence-corrected chi connectivity index (χ4v) is 3.32. The molecule has 3 rings (SSSR count). The smallest absolute Gasteiger partial charge is 0.318 e. The molecule has 1 N–H and O–H groups in total. The maximum absolute atomic E-state index is 12.4. The van der Waals surface area contributed by atoms with Gasteiger partial charge in [-0.15, -0.1) is 11.3 Å². The van der Waals surface area contributed by atoms with Crippen molar-refractivity contribution in [2.75, 3.05) is 6.54 Å². The van der Waals surface area contributed by atoms with E-state index in [-0.39, 0.29) is 12.1 Å². The summed E-state index contributed by atoms with van der Waals surface area (Å²) in [5.41, 5.74) is 1.09. The first kappa shape index (κ1) is 13.2. The van der Waals surface area contributed by atoms with Crippen molar-refractivity contribution in [3.05, 3.63) is 40.6 Å². The average Bonchev–Trinajstić information content (AvgIpc) is 3.14. The van der Waals surface area contributed by atoms with E-state index in [1.807, 2.05) is 28.9 Å². The highest BCUT2D eigenvalue weighted by Crippen LogP contribution is 2.22. The number of fused-ring (bicyclic) bond motifs is 1.